The van der Waals surface area contributed by atoms with Crippen molar-refractivity contribution in [1.82, 2.24) is 9.78 Å². The highest BCUT2D eigenvalue weighted by molar-refractivity contribution is 9.10. The Balaban J connectivity index is 2.37. The molecule has 2 N–H and O–H groups in total. The van der Waals surface area contributed by atoms with Crippen molar-refractivity contribution in [2.75, 3.05) is 0 Å². The van der Waals surface area contributed by atoms with Crippen molar-refractivity contribution in [1.29, 1.82) is 0 Å². The SMILES string of the molecule is CC(C)n1ncc(Br)c1C(=O)C(N)c1cccs1. The molecule has 18 heavy (non-hydrogen) atoms. The molecule has 0 aliphatic heterocycles. The maximum atomic E-state index is 12.4. The van der Waals surface area contributed by atoms with Gasteiger partial charge in [0.05, 0.1) is 10.7 Å². The van der Waals surface area contributed by atoms with E-state index in [0.29, 0.717) is 10.2 Å². The standard InChI is InChI=1S/C12H14BrN3OS/c1-7(2)16-11(8(13)6-15-16)12(17)10(14)9-4-3-5-18-9/h3-7,10H,14H2,1-2H3. The van der Waals surface area contributed by atoms with Gasteiger partial charge in [0.25, 0.3) is 0 Å². The molecule has 0 aromatic carbocycles. The molecule has 0 radical (unpaired) electrons. The molecule has 6 heteroatoms. The summed E-state index contributed by atoms with van der Waals surface area (Å²) in [5.74, 6) is -0.115. The lowest BCUT2D eigenvalue weighted by molar-refractivity contribution is 0.0949. The Morgan fingerprint density at radius 2 is 2.28 bits per heavy atom. The van der Waals surface area contributed by atoms with Crippen molar-refractivity contribution < 1.29 is 4.79 Å². The summed E-state index contributed by atoms with van der Waals surface area (Å²) in [6.45, 7) is 3.96. The van der Waals surface area contributed by atoms with Crippen LogP contribution < -0.4 is 5.73 Å². The summed E-state index contributed by atoms with van der Waals surface area (Å²) in [5, 5.41) is 6.11. The summed E-state index contributed by atoms with van der Waals surface area (Å²) in [6.07, 6.45) is 1.63. The fourth-order valence-electron chi connectivity index (χ4n) is 1.71. The minimum Gasteiger partial charge on any atom is -0.317 e. The lowest BCUT2D eigenvalue weighted by atomic mass is 10.1. The highest BCUT2D eigenvalue weighted by atomic mass is 79.9. The maximum Gasteiger partial charge on any atom is 0.203 e. The Morgan fingerprint density at radius 1 is 1.56 bits per heavy atom. The van der Waals surface area contributed by atoms with Gasteiger partial charge in [-0.05, 0) is 41.2 Å². The molecule has 0 fully saturated rings. The van der Waals surface area contributed by atoms with E-state index in [-0.39, 0.29) is 11.8 Å². The largest absolute Gasteiger partial charge is 0.317 e. The maximum absolute atomic E-state index is 12.4. The van der Waals surface area contributed by atoms with E-state index >= 15 is 0 Å². The van der Waals surface area contributed by atoms with E-state index in [1.807, 2.05) is 31.4 Å². The molecule has 2 rings (SSSR count). The Bertz CT molecular complexity index is 548. The second kappa shape index (κ2) is 5.34. The number of rotatable bonds is 4. The Hall–Kier alpha value is -0.980. The number of hydrogen-bond acceptors (Lipinski definition) is 4. The van der Waals surface area contributed by atoms with Crippen LogP contribution in [0.25, 0.3) is 0 Å². The Labute approximate surface area is 118 Å². The molecular formula is C12H14BrN3OS. The van der Waals surface area contributed by atoms with Gasteiger partial charge in [0, 0.05) is 10.9 Å². The van der Waals surface area contributed by atoms with Crippen LogP contribution in [0.2, 0.25) is 0 Å². The fraction of sp³-hybridized carbons (Fsp3) is 0.333. The van der Waals surface area contributed by atoms with Crippen molar-refractivity contribution >= 4 is 33.0 Å². The fourth-order valence-corrected chi connectivity index (χ4v) is 2.90. The van der Waals surface area contributed by atoms with Crippen molar-refractivity contribution in [3.05, 3.63) is 38.8 Å². The lowest BCUT2D eigenvalue weighted by Gasteiger charge is -2.13. The molecule has 0 spiro atoms. The highest BCUT2D eigenvalue weighted by Crippen LogP contribution is 2.26. The van der Waals surface area contributed by atoms with Crippen molar-refractivity contribution in [2.45, 2.75) is 25.9 Å². The van der Waals surface area contributed by atoms with Gasteiger partial charge in [0.1, 0.15) is 11.7 Å². The van der Waals surface area contributed by atoms with Crippen molar-refractivity contribution in [3.63, 3.8) is 0 Å². The summed E-state index contributed by atoms with van der Waals surface area (Å²) < 4.78 is 2.38. The van der Waals surface area contributed by atoms with E-state index in [1.165, 1.54) is 11.3 Å². The molecule has 2 aromatic heterocycles. The number of carbonyl (C=O) groups is 1. The molecule has 0 bridgehead atoms. The summed E-state index contributed by atoms with van der Waals surface area (Å²) >= 11 is 4.85. The number of hydrogen-bond donors (Lipinski definition) is 1. The number of Topliss-reactive ketones (excluding diaryl/α,β-unsaturated/α-hetero) is 1. The molecule has 4 nitrogen and oxygen atoms in total. The average molecular weight is 328 g/mol. The van der Waals surface area contributed by atoms with Crippen LogP contribution in [0.5, 0.6) is 0 Å². The van der Waals surface area contributed by atoms with Gasteiger partial charge in [-0.3, -0.25) is 9.48 Å². The van der Waals surface area contributed by atoms with E-state index < -0.39 is 6.04 Å². The van der Waals surface area contributed by atoms with Gasteiger partial charge in [0.15, 0.2) is 0 Å². The predicted octanol–water partition coefficient (Wildman–Crippen LogP) is 3.17. The van der Waals surface area contributed by atoms with Crippen LogP contribution in [0.3, 0.4) is 0 Å². The zero-order chi connectivity index (χ0) is 13.3. The first-order chi connectivity index (χ1) is 8.52. The topological polar surface area (TPSA) is 60.9 Å². The zero-order valence-corrected chi connectivity index (χ0v) is 12.5. The Morgan fingerprint density at radius 3 is 2.83 bits per heavy atom. The van der Waals surface area contributed by atoms with Gasteiger partial charge in [-0.1, -0.05) is 6.07 Å². The molecule has 0 aliphatic carbocycles. The third-order valence-corrected chi connectivity index (χ3v) is 4.14. The number of halogens is 1. The first-order valence-electron chi connectivity index (χ1n) is 5.58. The van der Waals surface area contributed by atoms with Gasteiger partial charge >= 0.3 is 0 Å². The van der Waals surface area contributed by atoms with E-state index in [0.717, 1.165) is 4.88 Å². The minimum absolute atomic E-state index is 0.115. The number of ketones is 1. The number of aromatic nitrogens is 2. The van der Waals surface area contributed by atoms with E-state index in [2.05, 4.69) is 21.0 Å². The highest BCUT2D eigenvalue weighted by Gasteiger charge is 2.25. The van der Waals surface area contributed by atoms with Crippen LogP contribution in [0.1, 0.15) is 41.3 Å². The van der Waals surface area contributed by atoms with Gasteiger partial charge in [-0.15, -0.1) is 11.3 Å². The molecular weight excluding hydrogens is 314 g/mol. The quantitative estimate of drug-likeness (QED) is 0.877. The van der Waals surface area contributed by atoms with Gasteiger partial charge in [-0.25, -0.2) is 0 Å². The van der Waals surface area contributed by atoms with Crippen LogP contribution in [0.15, 0.2) is 28.2 Å². The molecule has 0 amide bonds. The second-order valence-corrected chi connectivity index (χ2v) is 6.07. The molecule has 96 valence electrons. The van der Waals surface area contributed by atoms with Crippen LogP contribution in [0.4, 0.5) is 0 Å². The number of thiophene rings is 1. The zero-order valence-electron chi connectivity index (χ0n) is 10.1. The lowest BCUT2D eigenvalue weighted by Crippen LogP contribution is -2.24. The van der Waals surface area contributed by atoms with Gasteiger partial charge in [-0.2, -0.15) is 5.10 Å². The summed E-state index contributed by atoms with van der Waals surface area (Å²) in [4.78, 5) is 13.3. The third kappa shape index (κ3) is 2.41. The summed E-state index contributed by atoms with van der Waals surface area (Å²) in [5.41, 5.74) is 6.54. The molecule has 2 aromatic rings. The Kier molecular flexibility index (Phi) is 3.99. The van der Waals surface area contributed by atoms with Crippen LogP contribution in [-0.2, 0) is 0 Å². The smallest absolute Gasteiger partial charge is 0.203 e. The molecule has 2 heterocycles. The van der Waals surface area contributed by atoms with Crippen LogP contribution in [0, 0.1) is 0 Å². The normalized spacial score (nSPS) is 12.9. The number of nitrogens with zero attached hydrogens (tertiary/aromatic N) is 2. The van der Waals surface area contributed by atoms with E-state index in [4.69, 9.17) is 5.73 Å². The average Bonchev–Trinajstić information content (AvgIpc) is 2.95. The monoisotopic (exact) mass is 327 g/mol. The first kappa shape index (κ1) is 13.5. The third-order valence-electron chi connectivity index (χ3n) is 2.61. The summed E-state index contributed by atoms with van der Waals surface area (Å²) in [7, 11) is 0. The molecule has 0 saturated heterocycles. The minimum atomic E-state index is -0.629. The molecule has 0 aliphatic rings. The predicted molar refractivity (Wildman–Crippen MR) is 75.9 cm³/mol. The first-order valence-corrected chi connectivity index (χ1v) is 7.25. The number of carbonyl (C=O) groups excluding carboxylic acids is 1. The number of nitrogens with two attached hydrogens (primary N) is 1. The second-order valence-electron chi connectivity index (χ2n) is 4.24. The van der Waals surface area contributed by atoms with Crippen molar-refractivity contribution in [3.8, 4) is 0 Å². The van der Waals surface area contributed by atoms with E-state index in [9.17, 15) is 4.79 Å². The van der Waals surface area contributed by atoms with Crippen LogP contribution in [-0.4, -0.2) is 15.6 Å². The summed E-state index contributed by atoms with van der Waals surface area (Å²) in [6, 6.07) is 3.25. The van der Waals surface area contributed by atoms with Crippen LogP contribution >= 0.6 is 27.3 Å². The van der Waals surface area contributed by atoms with E-state index in [1.54, 1.807) is 10.9 Å². The van der Waals surface area contributed by atoms with Gasteiger partial charge < -0.3 is 5.73 Å². The molecule has 1 atom stereocenters. The van der Waals surface area contributed by atoms with Gasteiger partial charge in [0.2, 0.25) is 5.78 Å². The molecule has 1 unspecified atom stereocenters. The van der Waals surface area contributed by atoms with Crippen molar-refractivity contribution in [2.24, 2.45) is 5.73 Å². The molecule has 0 saturated carbocycles.